The summed E-state index contributed by atoms with van der Waals surface area (Å²) in [5.41, 5.74) is 1.82. The molecule has 0 aromatic carbocycles. The normalized spacial score (nSPS) is 25.6. The molecule has 27 heavy (non-hydrogen) atoms. The minimum absolute atomic E-state index is 0.00634. The summed E-state index contributed by atoms with van der Waals surface area (Å²) in [5.74, 6) is 0.282. The number of imidazole rings is 1. The van der Waals surface area contributed by atoms with Gasteiger partial charge in [0.2, 0.25) is 5.91 Å². The Hall–Kier alpha value is -1.97. The second kappa shape index (κ2) is 6.88. The van der Waals surface area contributed by atoms with Crippen LogP contribution in [0.1, 0.15) is 5.69 Å². The van der Waals surface area contributed by atoms with Crippen LogP contribution in [0.2, 0.25) is 0 Å². The molecule has 0 bridgehead atoms. The number of carbonyl (C=O) groups excluding carboxylic acids is 1. The van der Waals surface area contributed by atoms with Crippen molar-refractivity contribution in [3.05, 3.63) is 36.3 Å². The molecule has 2 aliphatic rings. The van der Waals surface area contributed by atoms with Gasteiger partial charge in [0.1, 0.15) is 5.65 Å². The van der Waals surface area contributed by atoms with Gasteiger partial charge in [0, 0.05) is 58.2 Å². The molecule has 0 saturated carbocycles. The zero-order chi connectivity index (χ0) is 19.2. The van der Waals surface area contributed by atoms with E-state index in [1.807, 2.05) is 39.9 Å². The van der Waals surface area contributed by atoms with Crippen molar-refractivity contribution < 1.29 is 13.2 Å². The van der Waals surface area contributed by atoms with Crippen molar-refractivity contribution in [2.45, 2.75) is 18.6 Å². The molecule has 9 heteroatoms. The number of fused-ring (bicyclic) bond motifs is 2. The Bertz CT molecular complexity index is 922. The average molecular weight is 391 g/mol. The number of nitrogens with zero attached hydrogens (tertiary/aromatic N) is 5. The van der Waals surface area contributed by atoms with Crippen molar-refractivity contribution in [2.24, 2.45) is 0 Å². The van der Waals surface area contributed by atoms with E-state index < -0.39 is 9.84 Å². The molecule has 8 nitrogen and oxygen atoms in total. The molecular weight excluding hydrogens is 366 g/mol. The SMILES string of the molecule is CN(C)C(=O)CN1CCN(Cc2cn3ccccc3n2)[C@H]2CS(=O)(=O)C[C@H]21. The number of likely N-dealkylation sites (N-methyl/N-ethyl adjacent to an activating group) is 1. The Morgan fingerprint density at radius 3 is 2.59 bits per heavy atom. The summed E-state index contributed by atoms with van der Waals surface area (Å²) in [6.07, 6.45) is 3.95. The molecule has 2 atom stereocenters. The number of aromatic nitrogens is 2. The number of hydrogen-bond donors (Lipinski definition) is 0. The fourth-order valence-electron chi connectivity index (χ4n) is 4.08. The standard InChI is InChI=1S/C18H25N5O3S/c1-20(2)18(24)11-22-8-7-21(15-12-27(25,26)13-16(15)22)9-14-10-23-6-4-3-5-17(23)19-14/h3-6,10,15-16H,7-9,11-13H2,1-2H3/t15-,16+/m0/s1. The monoisotopic (exact) mass is 391 g/mol. The summed E-state index contributed by atoms with van der Waals surface area (Å²) in [4.78, 5) is 22.6. The van der Waals surface area contributed by atoms with Gasteiger partial charge in [-0.1, -0.05) is 6.07 Å². The van der Waals surface area contributed by atoms with Gasteiger partial charge in [-0.25, -0.2) is 13.4 Å². The van der Waals surface area contributed by atoms with E-state index in [1.54, 1.807) is 19.0 Å². The minimum atomic E-state index is -3.10. The first-order valence-corrected chi connectivity index (χ1v) is 11.0. The predicted molar refractivity (Wildman–Crippen MR) is 102 cm³/mol. The smallest absolute Gasteiger partial charge is 0.236 e. The van der Waals surface area contributed by atoms with Crippen LogP contribution in [-0.4, -0.2) is 95.7 Å². The van der Waals surface area contributed by atoms with Crippen LogP contribution in [0.25, 0.3) is 5.65 Å². The second-order valence-corrected chi connectivity index (χ2v) is 9.79. The summed E-state index contributed by atoms with van der Waals surface area (Å²) in [5, 5.41) is 0. The Balaban J connectivity index is 1.54. The number of hydrogen-bond acceptors (Lipinski definition) is 6. The number of pyridine rings is 1. The lowest BCUT2D eigenvalue weighted by atomic mass is 10.0. The molecule has 0 aliphatic carbocycles. The van der Waals surface area contributed by atoms with Crippen molar-refractivity contribution in [3.63, 3.8) is 0 Å². The third kappa shape index (κ3) is 3.71. The topological polar surface area (TPSA) is 78.2 Å². The van der Waals surface area contributed by atoms with E-state index in [0.29, 0.717) is 13.1 Å². The van der Waals surface area contributed by atoms with Gasteiger partial charge in [0.05, 0.1) is 23.7 Å². The molecule has 4 rings (SSSR count). The van der Waals surface area contributed by atoms with Crippen LogP contribution >= 0.6 is 0 Å². The highest BCUT2D eigenvalue weighted by atomic mass is 32.2. The second-order valence-electron chi connectivity index (χ2n) is 7.64. The fourth-order valence-corrected chi connectivity index (χ4v) is 6.12. The molecule has 1 amide bonds. The summed E-state index contributed by atoms with van der Waals surface area (Å²) in [6.45, 7) is 2.30. The molecule has 2 aromatic rings. The van der Waals surface area contributed by atoms with Crippen LogP contribution in [0.4, 0.5) is 0 Å². The van der Waals surface area contributed by atoms with Crippen LogP contribution in [-0.2, 0) is 21.2 Å². The maximum atomic E-state index is 12.3. The van der Waals surface area contributed by atoms with Gasteiger partial charge in [0.15, 0.2) is 9.84 Å². The van der Waals surface area contributed by atoms with Gasteiger partial charge >= 0.3 is 0 Å². The van der Waals surface area contributed by atoms with E-state index in [1.165, 1.54) is 0 Å². The van der Waals surface area contributed by atoms with Gasteiger partial charge in [-0.2, -0.15) is 0 Å². The van der Waals surface area contributed by atoms with Gasteiger partial charge < -0.3 is 9.30 Å². The van der Waals surface area contributed by atoms with E-state index in [9.17, 15) is 13.2 Å². The number of amides is 1. The van der Waals surface area contributed by atoms with Gasteiger partial charge in [-0.15, -0.1) is 0 Å². The van der Waals surface area contributed by atoms with Gasteiger partial charge in [0.25, 0.3) is 0 Å². The summed E-state index contributed by atoms with van der Waals surface area (Å²) in [7, 11) is 0.353. The molecule has 4 heterocycles. The highest BCUT2D eigenvalue weighted by molar-refractivity contribution is 7.91. The molecule has 2 fully saturated rings. The predicted octanol–water partition coefficient (Wildman–Crippen LogP) is -0.294. The first-order valence-electron chi connectivity index (χ1n) is 9.14. The Morgan fingerprint density at radius 2 is 1.89 bits per heavy atom. The van der Waals surface area contributed by atoms with Crippen LogP contribution in [0, 0.1) is 0 Å². The van der Waals surface area contributed by atoms with E-state index in [2.05, 4.69) is 9.88 Å². The van der Waals surface area contributed by atoms with E-state index in [-0.39, 0.29) is 36.0 Å². The van der Waals surface area contributed by atoms with Crippen molar-refractivity contribution >= 4 is 21.4 Å². The van der Waals surface area contributed by atoms with Crippen LogP contribution in [0.3, 0.4) is 0 Å². The minimum Gasteiger partial charge on any atom is -0.348 e. The summed E-state index contributed by atoms with van der Waals surface area (Å²) in [6, 6.07) is 5.63. The first kappa shape index (κ1) is 18.4. The van der Waals surface area contributed by atoms with Crippen molar-refractivity contribution in [1.82, 2.24) is 24.1 Å². The van der Waals surface area contributed by atoms with E-state index in [4.69, 9.17) is 0 Å². The highest BCUT2D eigenvalue weighted by Crippen LogP contribution is 2.28. The lowest BCUT2D eigenvalue weighted by Crippen LogP contribution is -2.60. The van der Waals surface area contributed by atoms with Crippen molar-refractivity contribution in [1.29, 1.82) is 0 Å². The molecule has 2 aliphatic heterocycles. The lowest BCUT2D eigenvalue weighted by Gasteiger charge is -2.43. The highest BCUT2D eigenvalue weighted by Gasteiger charge is 2.46. The third-order valence-electron chi connectivity index (χ3n) is 5.52. The van der Waals surface area contributed by atoms with Gasteiger partial charge in [-0.05, 0) is 12.1 Å². The molecule has 146 valence electrons. The van der Waals surface area contributed by atoms with Crippen LogP contribution < -0.4 is 0 Å². The number of carbonyl (C=O) groups is 1. The van der Waals surface area contributed by atoms with Crippen LogP contribution in [0.15, 0.2) is 30.6 Å². The fraction of sp³-hybridized carbons (Fsp3) is 0.556. The molecule has 0 N–H and O–H groups in total. The largest absolute Gasteiger partial charge is 0.348 e. The number of rotatable bonds is 4. The molecular formula is C18H25N5O3S. The summed E-state index contributed by atoms with van der Waals surface area (Å²) < 4.78 is 26.6. The quantitative estimate of drug-likeness (QED) is 0.713. The molecule has 0 radical (unpaired) electrons. The molecule has 0 unspecified atom stereocenters. The third-order valence-corrected chi connectivity index (χ3v) is 7.22. The number of piperazine rings is 1. The Morgan fingerprint density at radius 1 is 1.19 bits per heavy atom. The van der Waals surface area contributed by atoms with Crippen LogP contribution in [0.5, 0.6) is 0 Å². The van der Waals surface area contributed by atoms with Crippen molar-refractivity contribution in [2.75, 3.05) is 45.2 Å². The molecule has 0 spiro atoms. The van der Waals surface area contributed by atoms with Gasteiger partial charge in [-0.3, -0.25) is 14.6 Å². The number of sulfone groups is 1. The zero-order valence-corrected chi connectivity index (χ0v) is 16.5. The Labute approximate surface area is 159 Å². The summed E-state index contributed by atoms with van der Waals surface area (Å²) >= 11 is 0. The van der Waals surface area contributed by atoms with E-state index in [0.717, 1.165) is 17.9 Å². The maximum absolute atomic E-state index is 12.3. The van der Waals surface area contributed by atoms with Crippen molar-refractivity contribution in [3.8, 4) is 0 Å². The Kier molecular flexibility index (Phi) is 4.69. The molecule has 2 saturated heterocycles. The van der Waals surface area contributed by atoms with E-state index >= 15 is 0 Å². The lowest BCUT2D eigenvalue weighted by molar-refractivity contribution is -0.131. The first-order chi connectivity index (χ1) is 12.8. The molecule has 2 aromatic heterocycles. The average Bonchev–Trinajstić information content (AvgIpc) is 3.16. The zero-order valence-electron chi connectivity index (χ0n) is 15.7. The maximum Gasteiger partial charge on any atom is 0.236 e.